The van der Waals surface area contributed by atoms with Crippen LogP contribution in [0.2, 0.25) is 0 Å². The van der Waals surface area contributed by atoms with Gasteiger partial charge in [0.05, 0.1) is 12.0 Å². The number of benzene rings is 3. The summed E-state index contributed by atoms with van der Waals surface area (Å²) in [5, 5.41) is 0.948. The zero-order valence-corrected chi connectivity index (χ0v) is 21.2. The lowest BCUT2D eigenvalue weighted by molar-refractivity contribution is -0.148. The van der Waals surface area contributed by atoms with Gasteiger partial charge in [0.2, 0.25) is 0 Å². The lowest BCUT2D eigenvalue weighted by Crippen LogP contribution is -2.22. The van der Waals surface area contributed by atoms with E-state index in [4.69, 9.17) is 14.2 Å². The van der Waals surface area contributed by atoms with Crippen molar-refractivity contribution >= 4 is 33.5 Å². The quantitative estimate of drug-likeness (QED) is 0.202. The van der Waals surface area contributed by atoms with Crippen LogP contribution >= 0.6 is 11.3 Å². The topological polar surface area (TPSA) is 44.8 Å². The first-order chi connectivity index (χ1) is 16.6. The fourth-order valence-corrected chi connectivity index (χ4v) is 4.85. The van der Waals surface area contributed by atoms with Gasteiger partial charge in [0.15, 0.2) is 5.75 Å². The number of hydrogen-bond donors (Lipinski definition) is 0. The number of aryl methyl sites for hydroxylation is 1. The molecule has 0 atom stereocenters. The van der Waals surface area contributed by atoms with Crippen LogP contribution in [0.25, 0.3) is 26.6 Å². The fraction of sp³-hybridized carbons (Fsp3) is 0.207. The van der Waals surface area contributed by atoms with Gasteiger partial charge in [-0.2, -0.15) is 0 Å². The summed E-state index contributed by atoms with van der Waals surface area (Å²) in [5.74, 6) is 1.45. The number of ether oxygens (including phenoxy) is 3. The van der Waals surface area contributed by atoms with Crippen molar-refractivity contribution in [1.82, 2.24) is 0 Å². The van der Waals surface area contributed by atoms with Crippen LogP contribution in [0.5, 0.6) is 17.2 Å². The summed E-state index contributed by atoms with van der Waals surface area (Å²) in [5.41, 5.74) is 2.06. The summed E-state index contributed by atoms with van der Waals surface area (Å²) in [4.78, 5) is 12.9. The minimum atomic E-state index is -0.535. The van der Waals surface area contributed by atoms with Gasteiger partial charge in [-0.15, -0.1) is 11.3 Å². The molecule has 3 aromatic carbocycles. The van der Waals surface area contributed by atoms with Crippen LogP contribution in [0.3, 0.4) is 0 Å². The highest BCUT2D eigenvalue weighted by Crippen LogP contribution is 2.48. The summed E-state index contributed by atoms with van der Waals surface area (Å²) >= 11 is 1.57. The van der Waals surface area contributed by atoms with E-state index in [0.29, 0.717) is 11.5 Å². The van der Waals surface area contributed by atoms with Crippen molar-refractivity contribution in [3.8, 4) is 27.7 Å². The van der Waals surface area contributed by atoms with Crippen molar-refractivity contribution < 1.29 is 23.4 Å². The maximum Gasteiger partial charge on any atom is 0.331 e. The number of rotatable bonds is 6. The molecule has 0 aliphatic carbocycles. The van der Waals surface area contributed by atoms with E-state index in [2.05, 4.69) is 0 Å². The maximum absolute atomic E-state index is 13.8. The molecule has 6 heteroatoms. The highest BCUT2D eigenvalue weighted by atomic mass is 32.1. The van der Waals surface area contributed by atoms with Gasteiger partial charge < -0.3 is 14.2 Å². The van der Waals surface area contributed by atoms with Crippen molar-refractivity contribution in [2.45, 2.75) is 33.3 Å². The first-order valence-electron chi connectivity index (χ1n) is 11.2. The summed E-state index contributed by atoms with van der Waals surface area (Å²) in [7, 11) is 1.63. The third kappa shape index (κ3) is 5.89. The Kier molecular flexibility index (Phi) is 6.94. The molecule has 4 rings (SSSR count). The minimum Gasteiger partial charge on any atom is -0.497 e. The van der Waals surface area contributed by atoms with Crippen LogP contribution < -0.4 is 9.47 Å². The average molecular weight is 491 g/mol. The van der Waals surface area contributed by atoms with E-state index in [9.17, 15) is 9.18 Å². The normalized spacial score (nSPS) is 11.7. The molecule has 1 aromatic heterocycles. The van der Waals surface area contributed by atoms with E-state index < -0.39 is 11.6 Å². The van der Waals surface area contributed by atoms with Gasteiger partial charge in [-0.1, -0.05) is 18.2 Å². The molecule has 0 radical (unpaired) electrons. The van der Waals surface area contributed by atoms with Crippen LogP contribution in [0, 0.1) is 12.7 Å². The van der Waals surface area contributed by atoms with Gasteiger partial charge >= 0.3 is 5.97 Å². The van der Waals surface area contributed by atoms with Gasteiger partial charge in [0.25, 0.3) is 0 Å². The van der Waals surface area contributed by atoms with Crippen molar-refractivity contribution in [1.29, 1.82) is 0 Å². The number of carbonyl (C=O) groups is 1. The molecule has 0 aliphatic heterocycles. The lowest BCUT2D eigenvalue weighted by Gasteiger charge is -2.17. The SMILES string of the molecule is COc1ccc2c(Oc3ccc(/C=C/C(=O)OC(C)(C)C)cc3)c(-c3ccc(F)cc3C)sc2c1. The lowest BCUT2D eigenvalue weighted by atomic mass is 10.1. The fourth-order valence-electron chi connectivity index (χ4n) is 3.61. The third-order valence-corrected chi connectivity index (χ3v) is 6.37. The van der Waals surface area contributed by atoms with E-state index in [0.717, 1.165) is 37.4 Å². The van der Waals surface area contributed by atoms with Crippen LogP contribution in [0.4, 0.5) is 4.39 Å². The molecular weight excluding hydrogens is 463 g/mol. The average Bonchev–Trinajstić information content (AvgIpc) is 3.14. The van der Waals surface area contributed by atoms with Gasteiger partial charge in [0, 0.05) is 16.2 Å². The van der Waals surface area contributed by atoms with Crippen LogP contribution in [-0.4, -0.2) is 18.7 Å². The molecule has 0 saturated heterocycles. The van der Waals surface area contributed by atoms with E-state index in [1.807, 2.05) is 70.2 Å². The second-order valence-corrected chi connectivity index (χ2v) is 10.2. The Hall–Kier alpha value is -3.64. The first-order valence-corrected chi connectivity index (χ1v) is 12.0. The molecule has 4 aromatic rings. The van der Waals surface area contributed by atoms with E-state index >= 15 is 0 Å². The number of fused-ring (bicyclic) bond motifs is 1. The molecule has 0 saturated carbocycles. The van der Waals surface area contributed by atoms with Crippen molar-refractivity contribution in [3.63, 3.8) is 0 Å². The summed E-state index contributed by atoms with van der Waals surface area (Å²) in [6, 6.07) is 18.1. The number of thiophene rings is 1. The highest BCUT2D eigenvalue weighted by Gasteiger charge is 2.19. The molecule has 0 bridgehead atoms. The highest BCUT2D eigenvalue weighted by molar-refractivity contribution is 7.22. The molecule has 0 amide bonds. The Morgan fingerprint density at radius 2 is 1.69 bits per heavy atom. The van der Waals surface area contributed by atoms with Crippen LogP contribution in [-0.2, 0) is 9.53 Å². The summed E-state index contributed by atoms with van der Waals surface area (Å²) in [6.07, 6.45) is 3.12. The number of hydrogen-bond acceptors (Lipinski definition) is 5. The molecule has 1 heterocycles. The van der Waals surface area contributed by atoms with Crippen molar-refractivity contribution in [2.24, 2.45) is 0 Å². The predicted molar refractivity (Wildman–Crippen MR) is 140 cm³/mol. The van der Waals surface area contributed by atoms with Crippen molar-refractivity contribution in [2.75, 3.05) is 7.11 Å². The molecule has 0 unspecified atom stereocenters. The van der Waals surface area contributed by atoms with Gasteiger partial charge in [-0.25, -0.2) is 9.18 Å². The van der Waals surface area contributed by atoms with Crippen LogP contribution in [0.1, 0.15) is 31.9 Å². The van der Waals surface area contributed by atoms with Crippen molar-refractivity contribution in [3.05, 3.63) is 83.7 Å². The Balaban J connectivity index is 1.66. The molecule has 35 heavy (non-hydrogen) atoms. The molecule has 0 spiro atoms. The standard InChI is InChI=1S/C29H27FO4S/c1-18-16-20(30)9-13-23(18)28-27(24-14-12-22(32-5)17-25(24)35-28)33-21-10-6-19(7-11-21)8-15-26(31)34-29(2,3)4/h6-17H,1-5H3/b15-8+. The first kappa shape index (κ1) is 24.5. The Bertz CT molecular complexity index is 1390. The zero-order chi connectivity index (χ0) is 25.2. The molecule has 4 nitrogen and oxygen atoms in total. The molecule has 0 fully saturated rings. The number of esters is 1. The van der Waals surface area contributed by atoms with Gasteiger partial charge in [-0.3, -0.25) is 0 Å². The monoisotopic (exact) mass is 490 g/mol. The van der Waals surface area contributed by atoms with E-state index in [1.165, 1.54) is 18.2 Å². The Labute approximate surface area is 208 Å². The van der Waals surface area contributed by atoms with Gasteiger partial charge in [0.1, 0.15) is 22.9 Å². The van der Waals surface area contributed by atoms with E-state index in [-0.39, 0.29) is 5.82 Å². The summed E-state index contributed by atoms with van der Waals surface area (Å²) in [6.45, 7) is 7.38. The van der Waals surface area contributed by atoms with E-state index in [1.54, 1.807) is 30.6 Å². The third-order valence-electron chi connectivity index (χ3n) is 5.20. The van der Waals surface area contributed by atoms with Crippen LogP contribution in [0.15, 0.2) is 66.7 Å². The molecule has 180 valence electrons. The predicted octanol–water partition coefficient (Wildman–Crippen LogP) is 8.17. The minimum absolute atomic E-state index is 0.272. The number of carbonyl (C=O) groups excluding carboxylic acids is 1. The molecule has 0 N–H and O–H groups in total. The number of halogens is 1. The Morgan fingerprint density at radius 1 is 0.971 bits per heavy atom. The second kappa shape index (κ2) is 9.92. The maximum atomic E-state index is 13.8. The summed E-state index contributed by atoms with van der Waals surface area (Å²) < 4.78 is 31.9. The zero-order valence-electron chi connectivity index (χ0n) is 20.3. The Morgan fingerprint density at radius 3 is 2.34 bits per heavy atom. The molecular formula is C29H27FO4S. The second-order valence-electron chi connectivity index (χ2n) is 9.12. The van der Waals surface area contributed by atoms with Gasteiger partial charge in [-0.05, 0) is 92.9 Å². The largest absolute Gasteiger partial charge is 0.497 e. The number of methoxy groups -OCH3 is 1. The smallest absolute Gasteiger partial charge is 0.331 e. The molecule has 0 aliphatic rings.